The molecule has 14 aliphatic rings. The summed E-state index contributed by atoms with van der Waals surface area (Å²) in [6.45, 7) is 16.4. The molecule has 12 fully saturated rings. The Kier molecular flexibility index (Phi) is 30.9. The third-order valence-corrected chi connectivity index (χ3v) is 31.6. The minimum absolute atomic E-state index is 0. The molecule has 8 aliphatic heterocycles. The van der Waals surface area contributed by atoms with Crippen LogP contribution in [0.1, 0.15) is 178 Å². The largest absolute Gasteiger partial charge is 0.462 e. The molecule has 2 aromatic heterocycles. The van der Waals surface area contributed by atoms with Gasteiger partial charge >= 0.3 is 11.9 Å². The number of nitrogens with zero attached hydrogens (tertiary/aromatic N) is 5. The van der Waals surface area contributed by atoms with Gasteiger partial charge in [-0.2, -0.15) is 9.97 Å². The molecule has 28 nitrogen and oxygen atoms in total. The average molecular weight is 1780 g/mol. The number of aromatic nitrogens is 2. The Balaban J connectivity index is 0.000000175. The summed E-state index contributed by atoms with van der Waals surface area (Å²) < 4.78 is 112. The Morgan fingerprint density at radius 3 is 1.37 bits per heavy atom. The third-order valence-electron chi connectivity index (χ3n) is 31.4. The van der Waals surface area contributed by atoms with Crippen molar-refractivity contribution in [2.24, 2.45) is 71.0 Å². The van der Waals surface area contributed by atoms with Crippen molar-refractivity contribution in [1.82, 2.24) is 25.1 Å². The van der Waals surface area contributed by atoms with Crippen LogP contribution in [0.3, 0.4) is 0 Å². The number of Topliss-reactive ketones (excluding diaryl/α,β-unsaturated/α-hetero) is 2. The zero-order valence-corrected chi connectivity index (χ0v) is 77.3. The number of nitrogens with one attached hydrogen (secondary N) is 1. The lowest BCUT2D eigenvalue weighted by atomic mass is 9.66. The van der Waals surface area contributed by atoms with E-state index in [1.807, 2.05) is 76.2 Å². The summed E-state index contributed by atoms with van der Waals surface area (Å²) >= 11 is 5.51. The Hall–Kier alpha value is -5.45. The van der Waals surface area contributed by atoms with Gasteiger partial charge in [-0.3, -0.25) is 19.2 Å². The highest BCUT2D eigenvalue weighted by Gasteiger charge is 2.71. The van der Waals surface area contributed by atoms with Gasteiger partial charge in [0, 0.05) is 90.5 Å². The van der Waals surface area contributed by atoms with E-state index in [4.69, 9.17) is 101 Å². The van der Waals surface area contributed by atoms with Gasteiger partial charge in [-0.15, -0.1) is 0 Å². The summed E-state index contributed by atoms with van der Waals surface area (Å²) in [5.41, 5.74) is 4.60. The summed E-state index contributed by atoms with van der Waals surface area (Å²) in [4.78, 5) is 73.4. The van der Waals surface area contributed by atoms with E-state index in [0.29, 0.717) is 48.8 Å². The molecule has 126 heavy (non-hydrogen) atoms. The maximum Gasteiger partial charge on any atom is 0.306 e. The number of carbonyl (C=O) groups excluding carboxylic acids is 4. The summed E-state index contributed by atoms with van der Waals surface area (Å²) in [5.74, 6) is -0.108. The van der Waals surface area contributed by atoms with Crippen LogP contribution >= 0.6 is 11.6 Å². The number of rotatable bonds is 19. The minimum Gasteiger partial charge on any atom is -0.462 e. The van der Waals surface area contributed by atoms with Gasteiger partial charge in [-0.05, 0) is 253 Å². The summed E-state index contributed by atoms with van der Waals surface area (Å²) in [5, 5.41) is 4.02. The smallest absolute Gasteiger partial charge is 0.306 e. The van der Waals surface area contributed by atoms with Crippen LogP contribution in [-0.4, -0.2) is 273 Å². The Morgan fingerprint density at radius 1 is 0.476 bits per heavy atom. The second-order valence-corrected chi connectivity index (χ2v) is 39.1. The van der Waals surface area contributed by atoms with Crippen LogP contribution in [0.5, 0.6) is 0 Å². The van der Waals surface area contributed by atoms with Crippen molar-refractivity contribution in [3.8, 4) is 0 Å². The topological polar surface area (TPSA) is 299 Å². The van der Waals surface area contributed by atoms with Gasteiger partial charge in [0.1, 0.15) is 59.9 Å². The number of likely N-dealkylation sites (N-methyl/N-ethyl adjacent to an activating group) is 2. The highest BCUT2D eigenvalue weighted by Crippen LogP contribution is 2.66. The van der Waals surface area contributed by atoms with E-state index in [-0.39, 0.29) is 219 Å². The molecule has 4 saturated carbocycles. The molecular formula is C97H143ClN6O22. The predicted octanol–water partition coefficient (Wildman–Crippen LogP) is 13.7. The van der Waals surface area contributed by atoms with Crippen LogP contribution in [0.25, 0.3) is 22.2 Å². The number of fused-ring (bicyclic) bond motifs is 18. The van der Waals surface area contributed by atoms with Gasteiger partial charge in [0.15, 0.2) is 47.9 Å². The highest BCUT2D eigenvalue weighted by molar-refractivity contribution is 6.28. The number of allylic oxidation sites excluding steroid dienone is 4. The number of esters is 2. The summed E-state index contributed by atoms with van der Waals surface area (Å²) in [7, 11) is 18.3. The van der Waals surface area contributed by atoms with Crippen LogP contribution in [0.4, 0.5) is 6.01 Å². The van der Waals surface area contributed by atoms with Gasteiger partial charge in [0.25, 0.3) is 11.4 Å². The lowest BCUT2D eigenvalue weighted by Gasteiger charge is -2.44. The second-order valence-electron chi connectivity index (χ2n) is 38.7. The maximum absolute atomic E-state index is 15.2. The quantitative estimate of drug-likeness (QED) is 0.0673. The zero-order chi connectivity index (χ0) is 88.2. The van der Waals surface area contributed by atoms with Crippen molar-refractivity contribution in [1.29, 1.82) is 0 Å². The van der Waals surface area contributed by atoms with E-state index in [1.165, 1.54) is 0 Å². The van der Waals surface area contributed by atoms with Crippen molar-refractivity contribution in [3.05, 3.63) is 77.2 Å². The number of para-hydroxylation sites is 4. The highest BCUT2D eigenvalue weighted by atomic mass is 35.5. The molecule has 29 heteroatoms. The van der Waals surface area contributed by atoms with Crippen LogP contribution in [-0.2, 0) is 95.0 Å². The van der Waals surface area contributed by atoms with Gasteiger partial charge in [0.05, 0.1) is 73.8 Å². The van der Waals surface area contributed by atoms with Gasteiger partial charge < -0.3 is 105 Å². The molecule has 0 bridgehead atoms. The average Bonchev–Trinajstić information content (AvgIpc) is 1.51. The molecule has 6 aliphatic carbocycles. The Labute approximate surface area is 749 Å². The van der Waals surface area contributed by atoms with E-state index < -0.39 is 30.7 Å². The molecule has 0 radical (unpaired) electrons. The van der Waals surface area contributed by atoms with Crippen LogP contribution in [0.15, 0.2) is 80.7 Å². The monoisotopic (exact) mass is 1780 g/mol. The predicted molar refractivity (Wildman–Crippen MR) is 471 cm³/mol. The molecule has 4 aromatic rings. The van der Waals surface area contributed by atoms with Crippen LogP contribution in [0.2, 0.25) is 5.35 Å². The molecule has 0 amide bonds. The fourth-order valence-electron chi connectivity index (χ4n) is 25.2. The molecule has 10 heterocycles. The molecule has 8 saturated heterocycles. The SMILES string of the molecule is C.CC[C@H]1CCC[C@H](O[C@H]2CC[C@H](N(C)C)C(C)O2)[C@@H](C)C(=O)C2=C[C@H]3[C@@H]4C[C@H](O[C@@H]5OC(C)[C@H](OC)C(OC)[C@@H]5OC)C[C@H]4[C@@H]4N[C@@H]4[C@H]3[C@@H]2CC(=O)O1.CC[C@H]1CCC[C@H](O[C@H]2CC[C@H](N(C)C)C(C)O2)[C@@H](C)C(=O)C2=C[C@H]3[C@@H]4C[C@H](O[C@@H]5OC(C)[C@H](OC)C(OC)[C@@H]5OC)C[C@H]4[C@H]4[C@@H]([C@H]3[C@@H]2CC(=O)O1)N4c1nc2ccccc2o1.Clc1nc2ccccc2o1. The first-order valence-corrected chi connectivity index (χ1v) is 47.2. The molecule has 0 spiro atoms. The number of oxazole rings is 2. The molecule has 18 rings (SSSR count). The number of hydrogen-bond donors (Lipinski definition) is 1. The zero-order valence-electron chi connectivity index (χ0n) is 76.5. The molecule has 700 valence electrons. The van der Waals surface area contributed by atoms with Crippen LogP contribution in [0, 0.1) is 71.0 Å². The van der Waals surface area contributed by atoms with Gasteiger partial charge in [-0.1, -0.05) is 71.5 Å². The van der Waals surface area contributed by atoms with Crippen molar-refractivity contribution >= 4 is 63.3 Å². The van der Waals surface area contributed by atoms with E-state index in [9.17, 15) is 14.4 Å². The number of carbonyl (C=O) groups is 4. The van der Waals surface area contributed by atoms with Gasteiger partial charge in [0.2, 0.25) is 0 Å². The first-order valence-electron chi connectivity index (χ1n) is 46.8. The first-order chi connectivity index (χ1) is 60.3. The van der Waals surface area contributed by atoms with Crippen molar-refractivity contribution < 1.29 is 104 Å². The minimum atomic E-state index is -0.655. The summed E-state index contributed by atoms with van der Waals surface area (Å²) in [6.07, 6.45) is 11.9. The third kappa shape index (κ3) is 19.4. The lowest BCUT2D eigenvalue weighted by Crippen LogP contribution is -2.59. The molecular weight excluding hydrogens is 1640 g/mol. The van der Waals surface area contributed by atoms with E-state index >= 15 is 4.79 Å². The number of ketones is 2. The number of hydrogen-bond acceptors (Lipinski definition) is 28. The molecule has 1 N–H and O–H groups in total. The standard InChI is InChI=1S/C48H69N3O11.C41H66N2O10.C7H4ClNO.CH4/c1-10-27-14-13-17-36(61-39-19-18-35(50(5)6)25(3)57-39)24(2)43(53)33-22-30-29-20-28(60-47-46(56-9)45(55-8)44(54-7)26(4)58-47)21-32(29)41-42(40(30)31(33)23-38(52)59-27)51(41)48-49-34-15-11-12-16-37(34)62-48;1-10-23-12-11-13-31(53-33-15-14-30(43(5)6)21(3)49-33)20(2)37(45)29-18-26-25-16-24(52-41-40(48-9)39(47-8)38(46-7)22(4)50-41)17-28(25)35-36(42-35)34(26)27(29)19-32(44)51-23;8-7-9-5-3-1-2-4-6(5)10-7;/h11-12,15-16,22,24-32,35-36,39-42,44-47H,10,13-14,17-21,23H2,1-9H3;18,20-28,30-31,33-36,38-42H,10-17,19H2,1-9H3;1-4H;1H4/t24-,25?,26?,27+,28+,29+,30+,31-,32-,35+,36+,39+,40-,41+,42-,44+,45?,46+,47+,51?;20-,21?,22?,23+,24+,25+,26+,27-,28-,30+,31+,33+,34-,35+,36-,38+,39?,40+,41+;;/m11../s1. The van der Waals surface area contributed by atoms with E-state index in [1.54, 1.807) is 42.7 Å². The second kappa shape index (κ2) is 41.0. The molecule has 38 atom stereocenters. The fourth-order valence-corrected chi connectivity index (χ4v) is 25.3. The Bertz CT molecular complexity index is 4330. The van der Waals surface area contributed by atoms with Crippen molar-refractivity contribution in [2.45, 2.75) is 337 Å². The maximum atomic E-state index is 15.2. The van der Waals surface area contributed by atoms with Crippen LogP contribution < -0.4 is 10.2 Å². The number of ether oxygens (including phenoxy) is 16. The van der Waals surface area contributed by atoms with Crippen molar-refractivity contribution in [2.75, 3.05) is 75.7 Å². The lowest BCUT2D eigenvalue weighted by molar-refractivity contribution is -0.314. The fraction of sp³-hybridized carbons (Fsp3) is 0.773. The number of halogens is 1. The van der Waals surface area contributed by atoms with E-state index in [2.05, 4.69) is 93.0 Å². The normalized spacial score (nSPS) is 42.8. The van der Waals surface area contributed by atoms with Crippen molar-refractivity contribution in [3.63, 3.8) is 0 Å². The van der Waals surface area contributed by atoms with Gasteiger partial charge in [-0.25, -0.2) is 0 Å². The number of benzene rings is 2. The van der Waals surface area contributed by atoms with E-state index in [0.717, 1.165) is 123 Å². The molecule has 6 unspecified atom stereocenters. The Morgan fingerprint density at radius 2 is 0.913 bits per heavy atom. The molecule has 2 aromatic carbocycles. The first kappa shape index (κ1) is 95.2. The number of cyclic esters (lactones) is 2. The number of anilines is 1. The number of methoxy groups -OCH3 is 6. The summed E-state index contributed by atoms with van der Waals surface area (Å²) in [6, 6.07) is 17.3.